The number of aromatic nitrogens is 3. The Hall–Kier alpha value is -2.41. The zero-order valence-corrected chi connectivity index (χ0v) is 15.6. The third kappa shape index (κ3) is 4.57. The van der Waals surface area contributed by atoms with E-state index >= 15 is 0 Å². The number of imidazole rings is 1. The molecule has 0 spiro atoms. The summed E-state index contributed by atoms with van der Waals surface area (Å²) in [6, 6.07) is 10.1. The number of hydrogen-bond donors (Lipinski definition) is 2. The van der Waals surface area contributed by atoms with Gasteiger partial charge in [0.2, 0.25) is 16.0 Å². The maximum Gasteiger partial charge on any atom is 0.239 e. The number of rotatable bonds is 6. The fraction of sp³-hybridized carbons (Fsp3) is 0.389. The van der Waals surface area contributed by atoms with Gasteiger partial charge < -0.3 is 10.6 Å². The van der Waals surface area contributed by atoms with Crippen molar-refractivity contribution in [2.45, 2.75) is 32.6 Å². The van der Waals surface area contributed by atoms with Crippen LogP contribution in [-0.4, -0.2) is 33.6 Å². The Bertz CT molecular complexity index is 816. The molecule has 3 rings (SSSR count). The highest BCUT2D eigenvalue weighted by molar-refractivity contribution is 7.20. The summed E-state index contributed by atoms with van der Waals surface area (Å²) in [4.78, 5) is 17.4. The molecule has 0 radical (unpaired) electrons. The van der Waals surface area contributed by atoms with E-state index < -0.39 is 0 Å². The average Bonchev–Trinajstić information content (AvgIpc) is 3.12. The molecule has 25 heavy (non-hydrogen) atoms. The first-order chi connectivity index (χ1) is 11.9. The van der Waals surface area contributed by atoms with Gasteiger partial charge >= 0.3 is 0 Å². The van der Waals surface area contributed by atoms with Gasteiger partial charge in [0.05, 0.1) is 18.4 Å². The van der Waals surface area contributed by atoms with Gasteiger partial charge in [-0.25, -0.2) is 9.50 Å². The van der Waals surface area contributed by atoms with Crippen LogP contribution in [0.1, 0.15) is 32.0 Å². The lowest BCUT2D eigenvalue weighted by molar-refractivity contribution is -0.119. The van der Waals surface area contributed by atoms with Crippen molar-refractivity contribution in [3.8, 4) is 0 Å². The molecule has 132 valence electrons. The number of fused-ring (bicyclic) bond motifs is 1. The predicted molar refractivity (Wildman–Crippen MR) is 101 cm³/mol. The van der Waals surface area contributed by atoms with Gasteiger partial charge in [-0.3, -0.25) is 4.79 Å². The van der Waals surface area contributed by atoms with E-state index in [0.717, 1.165) is 17.1 Å². The van der Waals surface area contributed by atoms with Crippen molar-refractivity contribution in [3.63, 3.8) is 0 Å². The SMILES string of the molecule is CC(C)(C)c1cn2nc(NCC(=O)NCCc3ccccc3)sc2n1. The Kier molecular flexibility index (Phi) is 5.03. The first-order valence-corrected chi connectivity index (χ1v) is 9.15. The monoisotopic (exact) mass is 357 g/mol. The summed E-state index contributed by atoms with van der Waals surface area (Å²) in [5, 5.41) is 11.1. The van der Waals surface area contributed by atoms with E-state index in [1.165, 1.54) is 16.9 Å². The molecule has 0 atom stereocenters. The molecule has 7 heteroatoms. The van der Waals surface area contributed by atoms with E-state index in [1.54, 1.807) is 4.52 Å². The molecule has 0 aliphatic heterocycles. The summed E-state index contributed by atoms with van der Waals surface area (Å²) in [6.07, 6.45) is 2.77. The van der Waals surface area contributed by atoms with E-state index in [1.807, 2.05) is 24.4 Å². The molecule has 3 aromatic rings. The number of anilines is 1. The number of amides is 1. The van der Waals surface area contributed by atoms with Crippen molar-refractivity contribution in [3.05, 3.63) is 47.8 Å². The second-order valence-electron chi connectivity index (χ2n) is 6.95. The van der Waals surface area contributed by atoms with Crippen molar-refractivity contribution in [2.75, 3.05) is 18.4 Å². The summed E-state index contributed by atoms with van der Waals surface area (Å²) in [5.41, 5.74) is 2.22. The zero-order chi connectivity index (χ0) is 17.9. The van der Waals surface area contributed by atoms with Crippen LogP contribution < -0.4 is 10.6 Å². The maximum atomic E-state index is 11.9. The van der Waals surface area contributed by atoms with Crippen molar-refractivity contribution >= 4 is 27.3 Å². The minimum Gasteiger partial charge on any atom is -0.354 e. The molecule has 2 N–H and O–H groups in total. The molecular formula is C18H23N5OS. The van der Waals surface area contributed by atoms with Crippen LogP contribution in [0.4, 0.5) is 5.13 Å². The second-order valence-corrected chi connectivity index (χ2v) is 7.91. The van der Waals surface area contributed by atoms with E-state index in [2.05, 4.69) is 53.6 Å². The van der Waals surface area contributed by atoms with Gasteiger partial charge in [0, 0.05) is 12.0 Å². The van der Waals surface area contributed by atoms with Crippen molar-refractivity contribution in [2.24, 2.45) is 0 Å². The largest absolute Gasteiger partial charge is 0.354 e. The lowest BCUT2D eigenvalue weighted by Crippen LogP contribution is -2.31. The summed E-state index contributed by atoms with van der Waals surface area (Å²) < 4.78 is 1.76. The highest BCUT2D eigenvalue weighted by atomic mass is 32.1. The molecule has 0 aliphatic rings. The zero-order valence-electron chi connectivity index (χ0n) is 14.7. The second kappa shape index (κ2) is 7.23. The molecule has 0 saturated heterocycles. The van der Waals surface area contributed by atoms with Crippen LogP contribution >= 0.6 is 11.3 Å². The van der Waals surface area contributed by atoms with Gasteiger partial charge in [-0.2, -0.15) is 0 Å². The van der Waals surface area contributed by atoms with Crippen LogP contribution in [0.15, 0.2) is 36.5 Å². The molecule has 2 aromatic heterocycles. The Labute approximate surface area is 151 Å². The lowest BCUT2D eigenvalue weighted by atomic mass is 9.93. The van der Waals surface area contributed by atoms with Crippen LogP contribution in [0, 0.1) is 0 Å². The number of carbonyl (C=O) groups is 1. The number of nitrogens with one attached hydrogen (secondary N) is 2. The standard InChI is InChI=1S/C18H23N5OS/c1-18(2,3)14-12-23-17(21-14)25-16(22-23)20-11-15(24)19-10-9-13-7-5-4-6-8-13/h4-8,12H,9-11H2,1-3H3,(H,19,24)(H,20,22). The maximum absolute atomic E-state index is 11.9. The fourth-order valence-corrected chi connectivity index (χ4v) is 3.12. The Morgan fingerprint density at radius 3 is 2.68 bits per heavy atom. The molecule has 1 aromatic carbocycles. The topological polar surface area (TPSA) is 71.3 Å². The summed E-state index contributed by atoms with van der Waals surface area (Å²) >= 11 is 1.45. The van der Waals surface area contributed by atoms with Crippen molar-refractivity contribution < 1.29 is 4.79 Å². The minimum absolute atomic E-state index is 0.000346. The molecule has 0 bridgehead atoms. The van der Waals surface area contributed by atoms with E-state index in [0.29, 0.717) is 11.7 Å². The highest BCUT2D eigenvalue weighted by Gasteiger charge is 2.19. The Morgan fingerprint density at radius 2 is 2.00 bits per heavy atom. The van der Waals surface area contributed by atoms with Crippen LogP contribution in [0.25, 0.3) is 4.96 Å². The normalized spacial score (nSPS) is 11.6. The molecule has 6 nitrogen and oxygen atoms in total. The van der Waals surface area contributed by atoms with Gasteiger partial charge in [0.25, 0.3) is 0 Å². The average molecular weight is 357 g/mol. The van der Waals surface area contributed by atoms with Gasteiger partial charge in [-0.15, -0.1) is 5.10 Å². The summed E-state index contributed by atoms with van der Waals surface area (Å²) in [5.74, 6) is -0.0425. The van der Waals surface area contributed by atoms with Crippen LogP contribution in [-0.2, 0) is 16.6 Å². The van der Waals surface area contributed by atoms with Crippen molar-refractivity contribution in [1.29, 1.82) is 0 Å². The summed E-state index contributed by atoms with van der Waals surface area (Å²) in [7, 11) is 0. The molecule has 1 amide bonds. The first-order valence-electron chi connectivity index (χ1n) is 8.33. The smallest absolute Gasteiger partial charge is 0.239 e. The van der Waals surface area contributed by atoms with Crippen LogP contribution in [0.3, 0.4) is 0 Å². The highest BCUT2D eigenvalue weighted by Crippen LogP contribution is 2.25. The van der Waals surface area contributed by atoms with Crippen molar-refractivity contribution in [1.82, 2.24) is 19.9 Å². The number of carbonyl (C=O) groups excluding carboxylic acids is 1. The third-order valence-corrected chi connectivity index (χ3v) is 4.67. The van der Waals surface area contributed by atoms with E-state index in [-0.39, 0.29) is 17.9 Å². The number of benzene rings is 1. The molecule has 2 heterocycles. The van der Waals surface area contributed by atoms with Gasteiger partial charge in [0.1, 0.15) is 0 Å². The minimum atomic E-state index is -0.0425. The number of hydrogen-bond acceptors (Lipinski definition) is 5. The Balaban J connectivity index is 1.47. The van der Waals surface area contributed by atoms with Gasteiger partial charge in [-0.05, 0) is 12.0 Å². The van der Waals surface area contributed by atoms with Gasteiger partial charge in [-0.1, -0.05) is 62.4 Å². The quantitative estimate of drug-likeness (QED) is 0.712. The number of nitrogens with zero attached hydrogens (tertiary/aromatic N) is 3. The molecule has 0 aliphatic carbocycles. The third-order valence-electron chi connectivity index (χ3n) is 3.79. The van der Waals surface area contributed by atoms with Gasteiger partial charge in [0.15, 0.2) is 0 Å². The van der Waals surface area contributed by atoms with E-state index in [4.69, 9.17) is 0 Å². The fourth-order valence-electron chi connectivity index (χ4n) is 2.34. The molecular weight excluding hydrogens is 334 g/mol. The molecule has 0 fully saturated rings. The van der Waals surface area contributed by atoms with E-state index in [9.17, 15) is 4.79 Å². The Morgan fingerprint density at radius 1 is 1.24 bits per heavy atom. The first kappa shape index (κ1) is 17.4. The van der Waals surface area contributed by atoms with Crippen LogP contribution in [0.5, 0.6) is 0 Å². The molecule has 0 unspecified atom stereocenters. The predicted octanol–water partition coefficient (Wildman–Crippen LogP) is 2.86. The van der Waals surface area contributed by atoms with Crippen LogP contribution in [0.2, 0.25) is 0 Å². The molecule has 0 saturated carbocycles. The lowest BCUT2D eigenvalue weighted by Gasteiger charge is -2.13. The summed E-state index contributed by atoms with van der Waals surface area (Å²) in [6.45, 7) is 7.20.